The summed E-state index contributed by atoms with van der Waals surface area (Å²) >= 11 is 0. The largest absolute Gasteiger partial charge is 0.370 e. The molecular formula is C11H19N3. The molecule has 1 heterocycles. The Kier molecular flexibility index (Phi) is 4.36. The van der Waals surface area contributed by atoms with Gasteiger partial charge in [0.25, 0.3) is 0 Å². The molecule has 1 aromatic heterocycles. The Labute approximate surface area is 86.0 Å². The molecule has 0 atom stereocenters. The Morgan fingerprint density at radius 2 is 2.00 bits per heavy atom. The third-order valence-electron chi connectivity index (χ3n) is 2.05. The van der Waals surface area contributed by atoms with Gasteiger partial charge in [0.2, 0.25) is 0 Å². The van der Waals surface area contributed by atoms with Gasteiger partial charge in [-0.05, 0) is 20.3 Å². The quantitative estimate of drug-likeness (QED) is 0.731. The molecule has 0 spiro atoms. The highest BCUT2D eigenvalue weighted by atomic mass is 15.0. The second-order valence-corrected chi connectivity index (χ2v) is 3.58. The summed E-state index contributed by atoms with van der Waals surface area (Å²) in [6.45, 7) is 7.12. The molecule has 1 aromatic rings. The van der Waals surface area contributed by atoms with E-state index in [1.54, 1.807) is 0 Å². The third kappa shape index (κ3) is 3.73. The summed E-state index contributed by atoms with van der Waals surface area (Å²) in [5.74, 6) is 1.79. The van der Waals surface area contributed by atoms with Crippen molar-refractivity contribution in [1.29, 1.82) is 0 Å². The van der Waals surface area contributed by atoms with Crippen LogP contribution >= 0.6 is 0 Å². The second kappa shape index (κ2) is 5.58. The highest BCUT2D eigenvalue weighted by molar-refractivity contribution is 5.35. The van der Waals surface area contributed by atoms with Crippen molar-refractivity contribution in [2.75, 3.05) is 11.9 Å². The van der Waals surface area contributed by atoms with E-state index >= 15 is 0 Å². The number of anilines is 1. The molecule has 0 radical (unpaired) electrons. The molecular weight excluding hydrogens is 174 g/mol. The summed E-state index contributed by atoms with van der Waals surface area (Å²) < 4.78 is 0. The van der Waals surface area contributed by atoms with Gasteiger partial charge >= 0.3 is 0 Å². The van der Waals surface area contributed by atoms with Gasteiger partial charge in [0.15, 0.2) is 0 Å². The first-order valence-electron chi connectivity index (χ1n) is 5.28. The number of rotatable bonds is 5. The fourth-order valence-electron chi connectivity index (χ4n) is 1.40. The molecule has 0 amide bonds. The van der Waals surface area contributed by atoms with Crippen molar-refractivity contribution >= 4 is 5.82 Å². The minimum atomic E-state index is 0.836. The maximum atomic E-state index is 4.31. The van der Waals surface area contributed by atoms with Gasteiger partial charge in [0, 0.05) is 18.3 Å². The van der Waals surface area contributed by atoms with Crippen molar-refractivity contribution in [1.82, 2.24) is 9.97 Å². The summed E-state index contributed by atoms with van der Waals surface area (Å²) in [6, 6.07) is 1.99. The smallest absolute Gasteiger partial charge is 0.129 e. The first-order chi connectivity index (χ1) is 6.72. The molecule has 78 valence electrons. The van der Waals surface area contributed by atoms with E-state index in [0.717, 1.165) is 23.9 Å². The molecule has 0 aliphatic rings. The van der Waals surface area contributed by atoms with Crippen LogP contribution in [0.2, 0.25) is 0 Å². The SMILES string of the molecule is CCCCCNc1cc(C)nc(C)n1. The van der Waals surface area contributed by atoms with Crippen molar-refractivity contribution in [3.8, 4) is 0 Å². The molecule has 0 saturated carbocycles. The first kappa shape index (κ1) is 11.0. The summed E-state index contributed by atoms with van der Waals surface area (Å²) in [5, 5.41) is 3.31. The number of nitrogens with one attached hydrogen (secondary N) is 1. The highest BCUT2D eigenvalue weighted by Crippen LogP contribution is 2.05. The number of aromatic nitrogens is 2. The molecule has 3 heteroatoms. The van der Waals surface area contributed by atoms with Crippen molar-refractivity contribution in [2.24, 2.45) is 0 Å². The molecule has 0 aliphatic carbocycles. The van der Waals surface area contributed by atoms with Crippen LogP contribution in [0.5, 0.6) is 0 Å². The van der Waals surface area contributed by atoms with E-state index in [9.17, 15) is 0 Å². The van der Waals surface area contributed by atoms with E-state index in [-0.39, 0.29) is 0 Å². The summed E-state index contributed by atoms with van der Waals surface area (Å²) in [4.78, 5) is 8.54. The minimum Gasteiger partial charge on any atom is -0.370 e. The lowest BCUT2D eigenvalue weighted by Gasteiger charge is -2.06. The Bertz CT molecular complexity index is 264. The topological polar surface area (TPSA) is 37.8 Å². The van der Waals surface area contributed by atoms with Gasteiger partial charge in [-0.3, -0.25) is 0 Å². The number of unbranched alkanes of at least 4 members (excludes halogenated alkanes) is 2. The number of hydrogen-bond acceptors (Lipinski definition) is 3. The normalized spacial score (nSPS) is 10.2. The maximum absolute atomic E-state index is 4.31. The van der Waals surface area contributed by atoms with Crippen molar-refractivity contribution in [2.45, 2.75) is 40.0 Å². The zero-order valence-electron chi connectivity index (χ0n) is 9.30. The van der Waals surface area contributed by atoms with Crippen LogP contribution < -0.4 is 5.32 Å². The molecule has 3 nitrogen and oxygen atoms in total. The Balaban J connectivity index is 2.42. The lowest BCUT2D eigenvalue weighted by molar-refractivity contribution is 0.741. The molecule has 0 saturated heterocycles. The zero-order valence-corrected chi connectivity index (χ0v) is 9.30. The summed E-state index contributed by atoms with van der Waals surface area (Å²) in [7, 11) is 0. The summed E-state index contributed by atoms with van der Waals surface area (Å²) in [5.41, 5.74) is 1.02. The first-order valence-corrected chi connectivity index (χ1v) is 5.28. The number of nitrogens with zero attached hydrogens (tertiary/aromatic N) is 2. The zero-order chi connectivity index (χ0) is 10.4. The monoisotopic (exact) mass is 193 g/mol. The van der Waals surface area contributed by atoms with Crippen LogP contribution in [0, 0.1) is 13.8 Å². The standard InChI is InChI=1S/C11H19N3/c1-4-5-6-7-12-11-8-9(2)13-10(3)14-11/h8H,4-7H2,1-3H3,(H,12,13,14). The predicted molar refractivity (Wildman–Crippen MR) is 59.5 cm³/mol. The van der Waals surface area contributed by atoms with E-state index in [4.69, 9.17) is 0 Å². The van der Waals surface area contributed by atoms with Crippen molar-refractivity contribution in [3.05, 3.63) is 17.6 Å². The van der Waals surface area contributed by atoms with Gasteiger partial charge in [0.1, 0.15) is 11.6 Å². The second-order valence-electron chi connectivity index (χ2n) is 3.58. The van der Waals surface area contributed by atoms with Gasteiger partial charge in [-0.2, -0.15) is 0 Å². The molecule has 14 heavy (non-hydrogen) atoms. The van der Waals surface area contributed by atoms with E-state index in [1.165, 1.54) is 19.3 Å². The van der Waals surface area contributed by atoms with E-state index < -0.39 is 0 Å². The molecule has 0 aliphatic heterocycles. The maximum Gasteiger partial charge on any atom is 0.129 e. The fourth-order valence-corrected chi connectivity index (χ4v) is 1.40. The van der Waals surface area contributed by atoms with Crippen LogP contribution in [-0.4, -0.2) is 16.5 Å². The molecule has 0 unspecified atom stereocenters. The van der Waals surface area contributed by atoms with Gasteiger partial charge in [-0.25, -0.2) is 9.97 Å². The molecule has 0 fully saturated rings. The number of hydrogen-bond donors (Lipinski definition) is 1. The molecule has 0 bridgehead atoms. The third-order valence-corrected chi connectivity index (χ3v) is 2.05. The lowest BCUT2D eigenvalue weighted by atomic mass is 10.2. The predicted octanol–water partition coefficient (Wildman–Crippen LogP) is 2.70. The average Bonchev–Trinajstić information content (AvgIpc) is 2.11. The van der Waals surface area contributed by atoms with Gasteiger partial charge in [-0.15, -0.1) is 0 Å². The van der Waals surface area contributed by atoms with E-state index in [1.807, 2.05) is 19.9 Å². The van der Waals surface area contributed by atoms with Crippen LogP contribution in [0.15, 0.2) is 6.07 Å². The minimum absolute atomic E-state index is 0.836. The van der Waals surface area contributed by atoms with Crippen LogP contribution in [0.1, 0.15) is 37.7 Å². The number of aryl methyl sites for hydroxylation is 2. The highest BCUT2D eigenvalue weighted by Gasteiger charge is 1.96. The van der Waals surface area contributed by atoms with Crippen molar-refractivity contribution < 1.29 is 0 Å². The fraction of sp³-hybridized carbons (Fsp3) is 0.636. The molecule has 0 aromatic carbocycles. The Morgan fingerprint density at radius 3 is 2.64 bits per heavy atom. The van der Waals surface area contributed by atoms with Gasteiger partial charge < -0.3 is 5.32 Å². The Morgan fingerprint density at radius 1 is 1.21 bits per heavy atom. The van der Waals surface area contributed by atoms with Crippen molar-refractivity contribution in [3.63, 3.8) is 0 Å². The van der Waals surface area contributed by atoms with E-state index in [0.29, 0.717) is 0 Å². The molecule has 1 rings (SSSR count). The van der Waals surface area contributed by atoms with Crippen LogP contribution in [0.4, 0.5) is 5.82 Å². The van der Waals surface area contributed by atoms with Gasteiger partial charge in [-0.1, -0.05) is 19.8 Å². The Hall–Kier alpha value is -1.12. The van der Waals surface area contributed by atoms with Crippen LogP contribution in [0.3, 0.4) is 0 Å². The van der Waals surface area contributed by atoms with Gasteiger partial charge in [0.05, 0.1) is 0 Å². The molecule has 1 N–H and O–H groups in total. The van der Waals surface area contributed by atoms with Crippen LogP contribution in [-0.2, 0) is 0 Å². The van der Waals surface area contributed by atoms with Crippen LogP contribution in [0.25, 0.3) is 0 Å². The summed E-state index contributed by atoms with van der Waals surface area (Å²) in [6.07, 6.45) is 3.73. The van der Waals surface area contributed by atoms with E-state index in [2.05, 4.69) is 22.2 Å². The lowest BCUT2D eigenvalue weighted by Crippen LogP contribution is -2.05. The average molecular weight is 193 g/mol.